The second-order valence-corrected chi connectivity index (χ2v) is 15.3. The first-order chi connectivity index (χ1) is 16.7. The van der Waals surface area contributed by atoms with Gasteiger partial charge < -0.3 is 19.0 Å². The Hall–Kier alpha value is -2.24. The molecule has 0 bridgehead atoms. The second-order valence-electron chi connectivity index (χ2n) is 10.5. The topological polar surface area (TPSA) is 95.6 Å². The van der Waals surface area contributed by atoms with E-state index >= 15 is 0 Å². The van der Waals surface area contributed by atoms with Gasteiger partial charge in [0.1, 0.15) is 11.4 Å². The zero-order valence-corrected chi connectivity index (χ0v) is 22.6. The minimum absolute atomic E-state index is 0.109. The average molecular weight is 502 g/mol. The van der Waals surface area contributed by atoms with Gasteiger partial charge in [-0.15, -0.1) is 0 Å². The lowest BCUT2D eigenvalue weighted by Crippen LogP contribution is -2.43. The van der Waals surface area contributed by atoms with Gasteiger partial charge in [0.15, 0.2) is 0 Å². The van der Waals surface area contributed by atoms with Crippen molar-refractivity contribution in [1.29, 1.82) is 0 Å². The summed E-state index contributed by atoms with van der Waals surface area (Å²) in [6, 6.07) is 6.21. The van der Waals surface area contributed by atoms with E-state index in [0.717, 1.165) is 47.3 Å². The summed E-state index contributed by atoms with van der Waals surface area (Å²) in [7, 11) is -1.98. The Morgan fingerprint density at radius 3 is 2.77 bits per heavy atom. The summed E-state index contributed by atoms with van der Waals surface area (Å²) in [5.74, 6) is 0.869. The number of nitrogens with one attached hydrogen (secondary N) is 1. The molecule has 1 unspecified atom stereocenters. The lowest BCUT2D eigenvalue weighted by Gasteiger charge is -2.36. The van der Waals surface area contributed by atoms with Crippen LogP contribution in [0.3, 0.4) is 0 Å². The van der Waals surface area contributed by atoms with Gasteiger partial charge in [0.25, 0.3) is 0 Å². The molecule has 1 atom stereocenters. The van der Waals surface area contributed by atoms with Crippen molar-refractivity contribution in [2.45, 2.75) is 64.6 Å². The van der Waals surface area contributed by atoms with Crippen LogP contribution in [0.1, 0.15) is 40.0 Å². The van der Waals surface area contributed by atoms with Crippen LogP contribution in [0.4, 0.5) is 0 Å². The highest BCUT2D eigenvalue weighted by molar-refractivity contribution is 6.74. The molecular formula is C25H39N5O4Si. The van der Waals surface area contributed by atoms with Gasteiger partial charge in [-0.2, -0.15) is 10.2 Å². The van der Waals surface area contributed by atoms with Crippen molar-refractivity contribution in [2.24, 2.45) is 0 Å². The predicted molar refractivity (Wildman–Crippen MR) is 139 cm³/mol. The molecule has 1 aliphatic rings. The standard InChI is InChI=1S/C25H39N5O4Si/c1-25(2,3)35(4,5)34-20-8-9-22-21(16-20)23(28-30(22)24-26-10-14-33-24)19-17-27-29(18-19)11-15-32-13-7-6-12-31/h8-9,16-18,24,26,31H,6-7,10-15H2,1-5H3. The van der Waals surface area contributed by atoms with E-state index in [-0.39, 0.29) is 18.0 Å². The van der Waals surface area contributed by atoms with E-state index in [1.54, 1.807) is 0 Å². The molecular weight excluding hydrogens is 462 g/mol. The molecule has 0 radical (unpaired) electrons. The van der Waals surface area contributed by atoms with Gasteiger partial charge >= 0.3 is 0 Å². The third-order valence-electron chi connectivity index (χ3n) is 6.84. The van der Waals surface area contributed by atoms with Crippen molar-refractivity contribution in [3.8, 4) is 17.0 Å². The van der Waals surface area contributed by atoms with Crippen LogP contribution in [0.2, 0.25) is 18.1 Å². The van der Waals surface area contributed by atoms with Crippen LogP contribution in [-0.4, -0.2) is 66.0 Å². The first-order valence-electron chi connectivity index (χ1n) is 12.5. The Balaban J connectivity index is 1.60. The van der Waals surface area contributed by atoms with E-state index in [4.69, 9.17) is 24.1 Å². The Morgan fingerprint density at radius 2 is 2.06 bits per heavy atom. The lowest BCUT2D eigenvalue weighted by atomic mass is 10.1. The monoisotopic (exact) mass is 501 g/mol. The summed E-state index contributed by atoms with van der Waals surface area (Å²) in [4.78, 5) is 0. The van der Waals surface area contributed by atoms with Crippen LogP contribution in [0.25, 0.3) is 22.2 Å². The number of hydrogen-bond donors (Lipinski definition) is 2. The second kappa shape index (κ2) is 10.8. The largest absolute Gasteiger partial charge is 0.543 e. The minimum Gasteiger partial charge on any atom is -0.543 e. The first kappa shape index (κ1) is 25.8. The van der Waals surface area contributed by atoms with E-state index in [0.29, 0.717) is 26.4 Å². The predicted octanol–water partition coefficient (Wildman–Crippen LogP) is 4.15. The van der Waals surface area contributed by atoms with Crippen molar-refractivity contribution >= 4 is 19.2 Å². The van der Waals surface area contributed by atoms with Crippen LogP contribution in [-0.2, 0) is 16.0 Å². The van der Waals surface area contributed by atoms with Crippen molar-refractivity contribution in [3.05, 3.63) is 30.6 Å². The molecule has 35 heavy (non-hydrogen) atoms. The van der Waals surface area contributed by atoms with Gasteiger partial charge in [-0.25, -0.2) is 4.68 Å². The highest BCUT2D eigenvalue weighted by atomic mass is 28.4. The van der Waals surface area contributed by atoms with E-state index in [1.807, 2.05) is 27.8 Å². The molecule has 1 saturated heterocycles. The maximum Gasteiger partial charge on any atom is 0.250 e. The molecule has 0 aliphatic carbocycles. The zero-order chi connectivity index (χ0) is 25.1. The number of aromatic nitrogens is 4. The number of unbranched alkanes of at least 4 members (excludes halogenated alkanes) is 1. The lowest BCUT2D eigenvalue weighted by molar-refractivity contribution is 0.0382. The fourth-order valence-corrected chi connectivity index (χ4v) is 4.80. The molecule has 9 nitrogen and oxygen atoms in total. The van der Waals surface area contributed by atoms with Crippen LogP contribution >= 0.6 is 0 Å². The number of ether oxygens (including phenoxy) is 2. The smallest absolute Gasteiger partial charge is 0.250 e. The number of nitrogens with zero attached hydrogens (tertiary/aromatic N) is 4. The molecule has 0 spiro atoms. The van der Waals surface area contributed by atoms with Gasteiger partial charge in [0, 0.05) is 36.9 Å². The Labute approximate surface area is 208 Å². The average Bonchev–Trinajstić information content (AvgIpc) is 3.54. The van der Waals surface area contributed by atoms with E-state index in [1.165, 1.54) is 0 Å². The Bertz CT molecular complexity index is 1110. The number of rotatable bonds is 11. The molecule has 4 rings (SSSR count). The highest BCUT2D eigenvalue weighted by Crippen LogP contribution is 2.39. The summed E-state index contributed by atoms with van der Waals surface area (Å²) in [6.45, 7) is 14.8. The third-order valence-corrected chi connectivity index (χ3v) is 11.2. The van der Waals surface area contributed by atoms with Gasteiger partial charge in [-0.3, -0.25) is 10.00 Å². The van der Waals surface area contributed by atoms with Crippen LogP contribution < -0.4 is 9.74 Å². The molecule has 0 amide bonds. The summed E-state index contributed by atoms with van der Waals surface area (Å²) in [5.41, 5.74) is 2.78. The molecule has 1 fully saturated rings. The number of benzene rings is 1. The van der Waals surface area contributed by atoms with E-state index in [9.17, 15) is 0 Å². The molecule has 2 N–H and O–H groups in total. The molecule has 10 heteroatoms. The van der Waals surface area contributed by atoms with Crippen LogP contribution in [0.15, 0.2) is 30.6 Å². The van der Waals surface area contributed by atoms with Gasteiger partial charge in [0.2, 0.25) is 14.7 Å². The number of hydrogen-bond acceptors (Lipinski definition) is 7. The number of aliphatic hydroxyl groups excluding tert-OH is 1. The molecule has 3 heterocycles. The van der Waals surface area contributed by atoms with E-state index in [2.05, 4.69) is 56.4 Å². The maximum atomic E-state index is 8.87. The number of aliphatic hydroxyl groups is 1. The van der Waals surface area contributed by atoms with Crippen LogP contribution in [0.5, 0.6) is 5.75 Å². The maximum absolute atomic E-state index is 8.87. The summed E-state index contributed by atoms with van der Waals surface area (Å²) in [5, 5.41) is 22.8. The van der Waals surface area contributed by atoms with Crippen LogP contribution in [0, 0.1) is 0 Å². The summed E-state index contributed by atoms with van der Waals surface area (Å²) in [6.07, 6.45) is 5.19. The molecule has 2 aromatic heterocycles. The van der Waals surface area contributed by atoms with Crippen molar-refractivity contribution in [1.82, 2.24) is 24.9 Å². The minimum atomic E-state index is -1.98. The fraction of sp³-hybridized carbons (Fsp3) is 0.600. The molecule has 3 aromatic rings. The molecule has 192 valence electrons. The normalized spacial score (nSPS) is 16.9. The first-order valence-corrected chi connectivity index (χ1v) is 15.4. The van der Waals surface area contributed by atoms with E-state index < -0.39 is 8.32 Å². The van der Waals surface area contributed by atoms with Crippen molar-refractivity contribution in [2.75, 3.05) is 33.0 Å². The summed E-state index contributed by atoms with van der Waals surface area (Å²) >= 11 is 0. The van der Waals surface area contributed by atoms with Crippen molar-refractivity contribution < 1.29 is 19.0 Å². The van der Waals surface area contributed by atoms with Crippen molar-refractivity contribution in [3.63, 3.8) is 0 Å². The number of fused-ring (bicyclic) bond motifs is 1. The van der Waals surface area contributed by atoms with Gasteiger partial charge in [-0.05, 0) is 49.2 Å². The fourth-order valence-electron chi connectivity index (χ4n) is 3.78. The quantitative estimate of drug-likeness (QED) is 0.301. The highest BCUT2D eigenvalue weighted by Gasteiger charge is 2.39. The van der Waals surface area contributed by atoms with Gasteiger partial charge in [0.05, 0.1) is 31.5 Å². The molecule has 1 aliphatic heterocycles. The zero-order valence-electron chi connectivity index (χ0n) is 21.6. The Kier molecular flexibility index (Phi) is 7.97. The SMILES string of the molecule is CC(C)(C)[Si](C)(C)Oc1ccc2c(c1)c(-c1cnn(CCOCCCCO)c1)nn2C1NCCO1. The molecule has 1 aromatic carbocycles. The summed E-state index contributed by atoms with van der Waals surface area (Å²) < 4.78 is 21.9. The third kappa shape index (κ3) is 5.95. The molecule has 0 saturated carbocycles. The van der Waals surface area contributed by atoms with Gasteiger partial charge in [-0.1, -0.05) is 20.8 Å². The Morgan fingerprint density at radius 1 is 1.23 bits per heavy atom.